The van der Waals surface area contributed by atoms with Gasteiger partial charge < -0.3 is 9.88 Å². The van der Waals surface area contributed by atoms with E-state index in [0.29, 0.717) is 12.3 Å². The van der Waals surface area contributed by atoms with Crippen LogP contribution in [0, 0.1) is 6.92 Å². The summed E-state index contributed by atoms with van der Waals surface area (Å²) in [6.07, 6.45) is 0.609. The predicted octanol–water partition coefficient (Wildman–Crippen LogP) is 1.83. The Morgan fingerprint density at radius 1 is 1.47 bits per heavy atom. The van der Waals surface area contributed by atoms with Crippen LogP contribution in [0.2, 0.25) is 0 Å². The molecule has 0 aliphatic rings. The summed E-state index contributed by atoms with van der Waals surface area (Å²) in [5.41, 5.74) is 2.42. The summed E-state index contributed by atoms with van der Waals surface area (Å²) >= 11 is 5.81. The summed E-state index contributed by atoms with van der Waals surface area (Å²) < 4.78 is 1.86. The number of fused-ring (bicyclic) bond motifs is 1. The molecule has 0 saturated heterocycles. The number of halogens is 1. The lowest BCUT2D eigenvalue weighted by Crippen LogP contribution is -2.29. The first-order valence-electron chi connectivity index (χ1n) is 6.20. The molecule has 1 N–H and O–H groups in total. The first kappa shape index (κ1) is 13.8. The van der Waals surface area contributed by atoms with Gasteiger partial charge in [-0.2, -0.15) is 0 Å². The zero-order valence-corrected chi connectivity index (χ0v) is 12.0. The average molecular weight is 281 g/mol. The molecule has 1 unspecified atom stereocenters. The maximum atomic E-state index is 11.9. The van der Waals surface area contributed by atoms with E-state index in [1.165, 1.54) is 0 Å². The molecule has 1 amide bonds. The largest absolute Gasteiger partial charge is 0.357 e. The van der Waals surface area contributed by atoms with Gasteiger partial charge in [-0.25, -0.2) is 9.97 Å². The third-order valence-corrected chi connectivity index (χ3v) is 3.27. The number of likely N-dealkylation sites (N-methyl/N-ethyl adjacent to an activating group) is 1. The Hall–Kier alpha value is -1.62. The number of nitrogens with one attached hydrogen (secondary N) is 1. The van der Waals surface area contributed by atoms with Gasteiger partial charge in [0.25, 0.3) is 0 Å². The van der Waals surface area contributed by atoms with Crippen LogP contribution in [-0.4, -0.2) is 33.4 Å². The van der Waals surface area contributed by atoms with Crippen molar-refractivity contribution >= 4 is 28.7 Å². The summed E-state index contributed by atoms with van der Waals surface area (Å²) in [6.45, 7) is 3.75. The third-order valence-electron chi connectivity index (χ3n) is 3.08. The Kier molecular flexibility index (Phi) is 4.04. The summed E-state index contributed by atoms with van der Waals surface area (Å²) in [6, 6.07) is 3.47. The summed E-state index contributed by atoms with van der Waals surface area (Å²) in [5.74, 6) is 1.18. The number of nitrogens with zero attached hydrogens (tertiary/aromatic N) is 3. The highest BCUT2D eigenvalue weighted by molar-refractivity contribution is 6.17. The number of aromatic nitrogens is 3. The Balaban J connectivity index is 2.62. The Bertz CT molecular complexity index is 608. The number of aryl methyl sites for hydroxylation is 2. The normalized spacial score (nSPS) is 12.6. The molecule has 1 atom stereocenters. The molecule has 0 bridgehead atoms. The van der Waals surface area contributed by atoms with Gasteiger partial charge in [-0.3, -0.25) is 4.79 Å². The third kappa shape index (κ3) is 2.56. The summed E-state index contributed by atoms with van der Waals surface area (Å²) in [7, 11) is 1.62. The highest BCUT2D eigenvalue weighted by atomic mass is 35.5. The fourth-order valence-electron chi connectivity index (χ4n) is 2.11. The van der Waals surface area contributed by atoms with E-state index in [4.69, 9.17) is 11.6 Å². The van der Waals surface area contributed by atoms with Crippen molar-refractivity contribution in [2.45, 2.75) is 26.3 Å². The van der Waals surface area contributed by atoms with Crippen LogP contribution in [0.4, 0.5) is 0 Å². The minimum Gasteiger partial charge on any atom is -0.357 e. The molecule has 0 aliphatic carbocycles. The first-order valence-corrected chi connectivity index (χ1v) is 6.74. The quantitative estimate of drug-likeness (QED) is 0.869. The maximum absolute atomic E-state index is 11.9. The minimum absolute atomic E-state index is 0.0709. The number of alkyl halides is 1. The molecule has 0 aromatic carbocycles. The van der Waals surface area contributed by atoms with E-state index in [1.807, 2.05) is 30.5 Å². The molecule has 6 heteroatoms. The lowest BCUT2D eigenvalue weighted by Gasteiger charge is -2.15. The van der Waals surface area contributed by atoms with E-state index >= 15 is 0 Å². The molecular weight excluding hydrogens is 264 g/mol. The van der Waals surface area contributed by atoms with Gasteiger partial charge in [0.15, 0.2) is 5.65 Å². The monoisotopic (exact) mass is 280 g/mol. The standard InChI is InChI=1S/C13H17ClN4O/c1-8-4-5-10-12(16-8)18(9(2)13(19)15-3)11(17-10)6-7-14/h4-5,9H,6-7H2,1-3H3,(H,15,19). The molecule has 2 heterocycles. The van der Waals surface area contributed by atoms with E-state index < -0.39 is 0 Å². The smallest absolute Gasteiger partial charge is 0.242 e. The molecule has 0 aliphatic heterocycles. The molecular formula is C13H17ClN4O. The second-order valence-corrected chi connectivity index (χ2v) is 4.80. The van der Waals surface area contributed by atoms with Gasteiger partial charge in [0.1, 0.15) is 17.4 Å². The zero-order valence-electron chi connectivity index (χ0n) is 11.3. The van der Waals surface area contributed by atoms with E-state index in [-0.39, 0.29) is 11.9 Å². The van der Waals surface area contributed by atoms with E-state index in [1.54, 1.807) is 7.05 Å². The Labute approximate surface area is 117 Å². The van der Waals surface area contributed by atoms with Gasteiger partial charge in [0, 0.05) is 25.0 Å². The van der Waals surface area contributed by atoms with Crippen molar-refractivity contribution in [1.82, 2.24) is 19.9 Å². The number of pyridine rings is 1. The van der Waals surface area contributed by atoms with E-state index in [9.17, 15) is 4.79 Å². The van der Waals surface area contributed by atoms with E-state index in [2.05, 4.69) is 15.3 Å². The van der Waals surface area contributed by atoms with Crippen LogP contribution in [0.3, 0.4) is 0 Å². The molecule has 0 fully saturated rings. The fraction of sp³-hybridized carbons (Fsp3) is 0.462. The SMILES string of the molecule is CNC(=O)C(C)n1c(CCCl)nc2ccc(C)nc21. The van der Waals surface area contributed by atoms with Crippen LogP contribution in [0.25, 0.3) is 11.2 Å². The first-order chi connectivity index (χ1) is 9.08. The highest BCUT2D eigenvalue weighted by Gasteiger charge is 2.21. The highest BCUT2D eigenvalue weighted by Crippen LogP contribution is 2.21. The Morgan fingerprint density at radius 3 is 2.84 bits per heavy atom. The van der Waals surface area contributed by atoms with E-state index in [0.717, 1.165) is 22.7 Å². The fourth-order valence-corrected chi connectivity index (χ4v) is 2.28. The van der Waals surface area contributed by atoms with Crippen molar-refractivity contribution in [3.8, 4) is 0 Å². The van der Waals surface area contributed by atoms with Crippen LogP contribution in [0.15, 0.2) is 12.1 Å². The maximum Gasteiger partial charge on any atom is 0.242 e. The number of carbonyl (C=O) groups is 1. The number of hydrogen-bond donors (Lipinski definition) is 1. The van der Waals surface area contributed by atoms with Crippen molar-refractivity contribution in [2.75, 3.05) is 12.9 Å². The molecule has 19 heavy (non-hydrogen) atoms. The van der Waals surface area contributed by atoms with Crippen LogP contribution < -0.4 is 5.32 Å². The molecule has 5 nitrogen and oxygen atoms in total. The molecule has 102 valence electrons. The van der Waals surface area contributed by atoms with Crippen molar-refractivity contribution in [2.24, 2.45) is 0 Å². The van der Waals surface area contributed by atoms with Crippen LogP contribution in [0.5, 0.6) is 0 Å². The van der Waals surface area contributed by atoms with Gasteiger partial charge in [-0.1, -0.05) is 0 Å². The number of amides is 1. The van der Waals surface area contributed by atoms with Crippen molar-refractivity contribution < 1.29 is 4.79 Å². The molecule has 2 aromatic rings. The summed E-state index contributed by atoms with van der Waals surface area (Å²) in [5, 5.41) is 2.65. The minimum atomic E-state index is -0.359. The van der Waals surface area contributed by atoms with Crippen molar-refractivity contribution in [1.29, 1.82) is 0 Å². The van der Waals surface area contributed by atoms with Crippen molar-refractivity contribution in [3.05, 3.63) is 23.7 Å². The second kappa shape index (κ2) is 5.57. The number of rotatable bonds is 4. The lowest BCUT2D eigenvalue weighted by molar-refractivity contribution is -0.123. The molecule has 0 saturated carbocycles. The van der Waals surface area contributed by atoms with Crippen LogP contribution >= 0.6 is 11.6 Å². The second-order valence-electron chi connectivity index (χ2n) is 4.42. The number of hydrogen-bond acceptors (Lipinski definition) is 3. The predicted molar refractivity (Wildman–Crippen MR) is 75.5 cm³/mol. The van der Waals surface area contributed by atoms with Crippen molar-refractivity contribution in [3.63, 3.8) is 0 Å². The van der Waals surface area contributed by atoms with Gasteiger partial charge in [-0.05, 0) is 26.0 Å². The topological polar surface area (TPSA) is 59.8 Å². The van der Waals surface area contributed by atoms with Crippen LogP contribution in [-0.2, 0) is 11.2 Å². The number of carbonyl (C=O) groups excluding carboxylic acids is 1. The lowest BCUT2D eigenvalue weighted by atomic mass is 10.3. The van der Waals surface area contributed by atoms with Gasteiger partial charge >= 0.3 is 0 Å². The molecule has 2 rings (SSSR count). The molecule has 0 spiro atoms. The number of imidazole rings is 1. The molecule has 0 radical (unpaired) electrons. The van der Waals surface area contributed by atoms with Crippen LogP contribution in [0.1, 0.15) is 24.5 Å². The van der Waals surface area contributed by atoms with Gasteiger partial charge in [-0.15, -0.1) is 11.6 Å². The van der Waals surface area contributed by atoms with Gasteiger partial charge in [0.05, 0.1) is 0 Å². The average Bonchev–Trinajstić information content (AvgIpc) is 2.74. The van der Waals surface area contributed by atoms with Gasteiger partial charge in [0.2, 0.25) is 5.91 Å². The molecule has 2 aromatic heterocycles. The zero-order chi connectivity index (χ0) is 14.0. The summed E-state index contributed by atoms with van der Waals surface area (Å²) in [4.78, 5) is 20.9. The Morgan fingerprint density at radius 2 is 2.21 bits per heavy atom.